The van der Waals surface area contributed by atoms with Gasteiger partial charge in [-0.05, 0) is 38.5 Å². The van der Waals surface area contributed by atoms with Crippen LogP contribution in [0, 0.1) is 11.8 Å². The highest BCUT2D eigenvalue weighted by Gasteiger charge is 2.33. The van der Waals surface area contributed by atoms with Crippen molar-refractivity contribution in [1.82, 2.24) is 4.90 Å². The van der Waals surface area contributed by atoms with Crippen LogP contribution in [0.4, 0.5) is 0 Å². The van der Waals surface area contributed by atoms with Gasteiger partial charge in [-0.2, -0.15) is 0 Å². The normalized spacial score (nSPS) is 29.0. The summed E-state index contributed by atoms with van der Waals surface area (Å²) < 4.78 is 5.13. The van der Waals surface area contributed by atoms with Crippen LogP contribution in [0.3, 0.4) is 0 Å². The molecule has 0 aromatic rings. The third kappa shape index (κ3) is 4.77. The van der Waals surface area contributed by atoms with E-state index in [4.69, 9.17) is 10.5 Å². The lowest BCUT2D eigenvalue weighted by molar-refractivity contribution is -0.140. The van der Waals surface area contributed by atoms with Crippen LogP contribution in [0.5, 0.6) is 0 Å². The average molecular weight is 270 g/mol. The molecular formula is C15H30N2O2. The molecule has 0 aliphatic heterocycles. The zero-order valence-electron chi connectivity index (χ0n) is 12.9. The molecule has 0 radical (unpaired) electrons. The fraction of sp³-hybridized carbons (Fsp3) is 0.933. The van der Waals surface area contributed by atoms with Crippen molar-refractivity contribution >= 4 is 5.91 Å². The Bertz CT molecular complexity index is 273. The van der Waals surface area contributed by atoms with Gasteiger partial charge in [0.15, 0.2) is 0 Å². The van der Waals surface area contributed by atoms with Gasteiger partial charge < -0.3 is 15.4 Å². The van der Waals surface area contributed by atoms with Crippen molar-refractivity contribution in [2.75, 3.05) is 20.3 Å². The lowest BCUT2D eigenvalue weighted by atomic mass is 9.79. The summed E-state index contributed by atoms with van der Waals surface area (Å²) in [5, 5.41) is 0. The van der Waals surface area contributed by atoms with Crippen LogP contribution in [-0.4, -0.2) is 43.2 Å². The predicted octanol–water partition coefficient (Wildman–Crippen LogP) is 2.02. The average Bonchev–Trinajstić information content (AvgIpc) is 2.37. The first kappa shape index (κ1) is 16.4. The molecule has 4 atom stereocenters. The van der Waals surface area contributed by atoms with E-state index >= 15 is 0 Å². The smallest absolute Gasteiger partial charge is 0.226 e. The minimum atomic E-state index is 0.101. The molecule has 112 valence electrons. The molecule has 4 heteroatoms. The molecule has 4 nitrogen and oxygen atoms in total. The molecule has 0 aromatic carbocycles. The molecule has 0 spiro atoms. The summed E-state index contributed by atoms with van der Waals surface area (Å²) in [5.74, 6) is 0.928. The highest BCUT2D eigenvalue weighted by atomic mass is 16.5. The van der Waals surface area contributed by atoms with Crippen molar-refractivity contribution < 1.29 is 9.53 Å². The highest BCUT2D eigenvalue weighted by Crippen LogP contribution is 2.30. The second kappa shape index (κ2) is 7.85. The number of nitrogens with zero attached hydrogens (tertiary/aromatic N) is 1. The summed E-state index contributed by atoms with van der Waals surface area (Å²) in [6.45, 7) is 7.71. The first-order valence-corrected chi connectivity index (χ1v) is 7.54. The van der Waals surface area contributed by atoms with Crippen LogP contribution in [0.2, 0.25) is 0 Å². The van der Waals surface area contributed by atoms with Crippen LogP contribution in [0.1, 0.15) is 46.5 Å². The minimum absolute atomic E-state index is 0.101. The summed E-state index contributed by atoms with van der Waals surface area (Å²) in [6, 6.07) is 0.454. The zero-order valence-corrected chi connectivity index (χ0v) is 12.9. The van der Waals surface area contributed by atoms with Gasteiger partial charge in [-0.3, -0.25) is 4.79 Å². The fourth-order valence-corrected chi connectivity index (χ4v) is 3.05. The molecule has 1 aliphatic rings. The van der Waals surface area contributed by atoms with Crippen molar-refractivity contribution in [3.8, 4) is 0 Å². The number of carbonyl (C=O) groups excluding carboxylic acids is 1. The topological polar surface area (TPSA) is 55.6 Å². The van der Waals surface area contributed by atoms with E-state index < -0.39 is 0 Å². The third-order valence-corrected chi connectivity index (χ3v) is 4.27. The molecule has 1 fully saturated rings. The number of rotatable bonds is 6. The molecule has 0 heterocycles. The predicted molar refractivity (Wildman–Crippen MR) is 77.8 cm³/mol. The van der Waals surface area contributed by atoms with E-state index in [2.05, 4.69) is 20.8 Å². The van der Waals surface area contributed by atoms with Crippen molar-refractivity contribution in [1.29, 1.82) is 0 Å². The van der Waals surface area contributed by atoms with E-state index in [0.29, 0.717) is 19.1 Å². The number of hydrogen-bond donors (Lipinski definition) is 1. The Labute approximate surface area is 117 Å². The van der Waals surface area contributed by atoms with Crippen molar-refractivity contribution in [2.24, 2.45) is 17.6 Å². The summed E-state index contributed by atoms with van der Waals surface area (Å²) in [7, 11) is 1.68. The van der Waals surface area contributed by atoms with Crippen LogP contribution < -0.4 is 5.73 Å². The van der Waals surface area contributed by atoms with Gasteiger partial charge in [0.05, 0.1) is 6.61 Å². The van der Waals surface area contributed by atoms with E-state index in [1.54, 1.807) is 7.11 Å². The Balaban J connectivity index is 2.68. The molecule has 1 rings (SSSR count). The lowest BCUT2D eigenvalue weighted by Gasteiger charge is -2.36. The monoisotopic (exact) mass is 270 g/mol. The summed E-state index contributed by atoms with van der Waals surface area (Å²) >= 11 is 0. The molecular weight excluding hydrogens is 240 g/mol. The van der Waals surface area contributed by atoms with Gasteiger partial charge in [-0.1, -0.05) is 13.8 Å². The standard InChI is InChI=1S/C15H30N2O2/c1-5-12(3)17(6-7-19-4)15(18)13-8-11(2)9-14(16)10-13/h11-14H,5-10,16H2,1-4H3. The Morgan fingerprint density at radius 3 is 2.63 bits per heavy atom. The maximum atomic E-state index is 12.7. The van der Waals surface area contributed by atoms with Crippen LogP contribution in [0.25, 0.3) is 0 Å². The second-order valence-corrected chi connectivity index (χ2v) is 6.05. The summed E-state index contributed by atoms with van der Waals surface area (Å²) in [5.41, 5.74) is 6.07. The number of nitrogens with two attached hydrogens (primary N) is 1. The molecule has 1 aliphatic carbocycles. The summed E-state index contributed by atoms with van der Waals surface area (Å²) in [6.07, 6.45) is 3.84. The molecule has 1 amide bonds. The molecule has 4 unspecified atom stereocenters. The van der Waals surface area contributed by atoms with Crippen molar-refractivity contribution in [2.45, 2.75) is 58.5 Å². The minimum Gasteiger partial charge on any atom is -0.383 e. The van der Waals surface area contributed by atoms with Gasteiger partial charge in [-0.15, -0.1) is 0 Å². The van der Waals surface area contributed by atoms with E-state index in [0.717, 1.165) is 25.7 Å². The molecule has 1 saturated carbocycles. The Morgan fingerprint density at radius 2 is 2.11 bits per heavy atom. The van der Waals surface area contributed by atoms with Crippen molar-refractivity contribution in [3.63, 3.8) is 0 Å². The number of ether oxygens (including phenoxy) is 1. The van der Waals surface area contributed by atoms with Crippen LogP contribution in [0.15, 0.2) is 0 Å². The maximum absolute atomic E-state index is 12.7. The third-order valence-electron chi connectivity index (χ3n) is 4.27. The van der Waals surface area contributed by atoms with E-state index in [-0.39, 0.29) is 23.9 Å². The first-order chi connectivity index (χ1) is 8.99. The largest absolute Gasteiger partial charge is 0.383 e. The van der Waals surface area contributed by atoms with Crippen molar-refractivity contribution in [3.05, 3.63) is 0 Å². The Kier molecular flexibility index (Phi) is 6.80. The van der Waals surface area contributed by atoms with Crippen LogP contribution in [-0.2, 0) is 9.53 Å². The highest BCUT2D eigenvalue weighted by molar-refractivity contribution is 5.79. The number of hydrogen-bond acceptors (Lipinski definition) is 3. The SMILES string of the molecule is CCC(C)N(CCOC)C(=O)C1CC(C)CC(N)C1. The Morgan fingerprint density at radius 1 is 1.42 bits per heavy atom. The first-order valence-electron chi connectivity index (χ1n) is 7.54. The molecule has 2 N–H and O–H groups in total. The van der Waals surface area contributed by atoms with E-state index in [1.165, 1.54) is 0 Å². The second-order valence-electron chi connectivity index (χ2n) is 6.05. The quantitative estimate of drug-likeness (QED) is 0.803. The maximum Gasteiger partial charge on any atom is 0.226 e. The van der Waals surface area contributed by atoms with Gasteiger partial charge in [0.25, 0.3) is 0 Å². The van der Waals surface area contributed by atoms with Gasteiger partial charge in [-0.25, -0.2) is 0 Å². The molecule has 19 heavy (non-hydrogen) atoms. The Hall–Kier alpha value is -0.610. The molecule has 0 saturated heterocycles. The van der Waals surface area contributed by atoms with Gasteiger partial charge >= 0.3 is 0 Å². The summed E-state index contributed by atoms with van der Waals surface area (Å²) in [4.78, 5) is 14.7. The number of carbonyl (C=O) groups is 1. The zero-order chi connectivity index (χ0) is 14.4. The fourth-order valence-electron chi connectivity index (χ4n) is 3.05. The number of methoxy groups -OCH3 is 1. The van der Waals surface area contributed by atoms with E-state index in [1.807, 2.05) is 4.90 Å². The van der Waals surface area contributed by atoms with Crippen LogP contribution >= 0.6 is 0 Å². The molecule has 0 bridgehead atoms. The molecule has 0 aromatic heterocycles. The van der Waals surface area contributed by atoms with Gasteiger partial charge in [0.2, 0.25) is 5.91 Å². The van der Waals surface area contributed by atoms with E-state index in [9.17, 15) is 4.79 Å². The van der Waals surface area contributed by atoms with Gasteiger partial charge in [0.1, 0.15) is 0 Å². The number of amides is 1. The van der Waals surface area contributed by atoms with Gasteiger partial charge in [0, 0.05) is 31.7 Å². The lowest BCUT2D eigenvalue weighted by Crippen LogP contribution is -2.47.